The van der Waals surface area contributed by atoms with E-state index in [9.17, 15) is 4.79 Å². The molecule has 2 heterocycles. The molecule has 2 aromatic rings. The SMILES string of the molecule is Cc1ccc(-c2c[nH]ccc2=O)nc1. The van der Waals surface area contributed by atoms with Crippen LogP contribution in [0.25, 0.3) is 11.3 Å². The van der Waals surface area contributed by atoms with Crippen molar-refractivity contribution in [3.63, 3.8) is 0 Å². The average molecular weight is 186 g/mol. The molecule has 2 aromatic heterocycles. The highest BCUT2D eigenvalue weighted by Gasteiger charge is 2.01. The fourth-order valence-electron chi connectivity index (χ4n) is 1.24. The molecule has 0 aromatic carbocycles. The van der Waals surface area contributed by atoms with E-state index in [2.05, 4.69) is 9.97 Å². The lowest BCUT2D eigenvalue weighted by Crippen LogP contribution is -2.03. The summed E-state index contributed by atoms with van der Waals surface area (Å²) in [7, 11) is 0. The topological polar surface area (TPSA) is 45.8 Å². The van der Waals surface area contributed by atoms with Gasteiger partial charge in [-0.1, -0.05) is 6.07 Å². The molecule has 0 atom stereocenters. The largest absolute Gasteiger partial charge is 0.367 e. The molecule has 0 amide bonds. The molecule has 14 heavy (non-hydrogen) atoms. The molecule has 70 valence electrons. The average Bonchev–Trinajstić information content (AvgIpc) is 2.20. The van der Waals surface area contributed by atoms with E-state index in [1.807, 2.05) is 19.1 Å². The summed E-state index contributed by atoms with van der Waals surface area (Å²) < 4.78 is 0. The highest BCUT2D eigenvalue weighted by atomic mass is 16.1. The number of H-pyrrole nitrogens is 1. The molecule has 0 fully saturated rings. The van der Waals surface area contributed by atoms with Crippen LogP contribution in [0.3, 0.4) is 0 Å². The van der Waals surface area contributed by atoms with Gasteiger partial charge in [-0.05, 0) is 18.6 Å². The van der Waals surface area contributed by atoms with E-state index >= 15 is 0 Å². The Balaban J connectivity index is 2.56. The summed E-state index contributed by atoms with van der Waals surface area (Å²) in [5, 5.41) is 0. The number of aryl methyl sites for hydroxylation is 1. The summed E-state index contributed by atoms with van der Waals surface area (Å²) in [6.45, 7) is 1.96. The van der Waals surface area contributed by atoms with Gasteiger partial charge in [-0.2, -0.15) is 0 Å². The molecule has 3 heteroatoms. The van der Waals surface area contributed by atoms with Gasteiger partial charge >= 0.3 is 0 Å². The van der Waals surface area contributed by atoms with E-state index in [1.54, 1.807) is 18.6 Å². The molecule has 0 spiro atoms. The van der Waals surface area contributed by atoms with Crippen LogP contribution >= 0.6 is 0 Å². The third-order valence-electron chi connectivity index (χ3n) is 2.01. The van der Waals surface area contributed by atoms with Crippen LogP contribution in [0.15, 0.2) is 41.6 Å². The summed E-state index contributed by atoms with van der Waals surface area (Å²) in [5.74, 6) is 0. The smallest absolute Gasteiger partial charge is 0.190 e. The second-order valence-electron chi connectivity index (χ2n) is 3.14. The standard InChI is InChI=1S/C11H10N2O/c1-8-2-3-10(13-6-8)9-7-12-5-4-11(9)14/h2-7H,1H3,(H,12,14). The van der Waals surface area contributed by atoms with Crippen LogP contribution in [-0.4, -0.2) is 9.97 Å². The van der Waals surface area contributed by atoms with Gasteiger partial charge in [0.05, 0.1) is 11.3 Å². The van der Waals surface area contributed by atoms with Gasteiger partial charge in [0.15, 0.2) is 5.43 Å². The normalized spacial score (nSPS) is 10.1. The van der Waals surface area contributed by atoms with Crippen LogP contribution < -0.4 is 5.43 Å². The second kappa shape index (κ2) is 3.46. The van der Waals surface area contributed by atoms with Crippen molar-refractivity contribution in [2.75, 3.05) is 0 Å². The van der Waals surface area contributed by atoms with Gasteiger partial charge in [0, 0.05) is 24.7 Å². The Morgan fingerprint density at radius 2 is 2.14 bits per heavy atom. The molecule has 0 radical (unpaired) electrons. The lowest BCUT2D eigenvalue weighted by molar-refractivity contribution is 1.23. The second-order valence-corrected chi connectivity index (χ2v) is 3.14. The molecule has 0 aliphatic heterocycles. The maximum absolute atomic E-state index is 11.4. The molecule has 0 bridgehead atoms. The highest BCUT2D eigenvalue weighted by Crippen LogP contribution is 2.10. The highest BCUT2D eigenvalue weighted by molar-refractivity contribution is 5.57. The molecule has 0 saturated carbocycles. The van der Waals surface area contributed by atoms with Gasteiger partial charge in [0.2, 0.25) is 0 Å². The third kappa shape index (κ3) is 1.57. The quantitative estimate of drug-likeness (QED) is 0.737. The number of hydrogen-bond donors (Lipinski definition) is 1. The van der Waals surface area contributed by atoms with E-state index in [0.29, 0.717) is 11.3 Å². The predicted molar refractivity (Wildman–Crippen MR) is 55.0 cm³/mol. The minimum Gasteiger partial charge on any atom is -0.367 e. The minimum atomic E-state index is -0.0138. The van der Waals surface area contributed by atoms with Gasteiger partial charge < -0.3 is 4.98 Å². The first-order valence-electron chi connectivity index (χ1n) is 4.37. The zero-order chi connectivity index (χ0) is 9.97. The Kier molecular flexibility index (Phi) is 2.14. The summed E-state index contributed by atoms with van der Waals surface area (Å²) in [4.78, 5) is 18.5. The van der Waals surface area contributed by atoms with E-state index in [4.69, 9.17) is 0 Å². The van der Waals surface area contributed by atoms with Gasteiger partial charge in [-0.3, -0.25) is 9.78 Å². The fourth-order valence-corrected chi connectivity index (χ4v) is 1.24. The number of hydrogen-bond acceptors (Lipinski definition) is 2. The minimum absolute atomic E-state index is 0.0138. The summed E-state index contributed by atoms with van der Waals surface area (Å²) >= 11 is 0. The maximum atomic E-state index is 11.4. The van der Waals surface area contributed by atoms with Crippen molar-refractivity contribution in [3.8, 4) is 11.3 Å². The molecule has 1 N–H and O–H groups in total. The molecule has 3 nitrogen and oxygen atoms in total. The Labute approximate surface area is 81.5 Å². The van der Waals surface area contributed by atoms with Crippen molar-refractivity contribution in [1.29, 1.82) is 0 Å². The number of aromatic nitrogens is 2. The van der Waals surface area contributed by atoms with Crippen molar-refractivity contribution in [2.24, 2.45) is 0 Å². The monoisotopic (exact) mass is 186 g/mol. The van der Waals surface area contributed by atoms with Crippen LogP contribution in [0.2, 0.25) is 0 Å². The maximum Gasteiger partial charge on any atom is 0.190 e. The molecule has 0 aliphatic rings. The number of nitrogens with zero attached hydrogens (tertiary/aromatic N) is 1. The number of rotatable bonds is 1. The number of nitrogens with one attached hydrogen (secondary N) is 1. The first-order chi connectivity index (χ1) is 6.77. The zero-order valence-corrected chi connectivity index (χ0v) is 7.82. The Hall–Kier alpha value is -1.90. The molecule has 0 unspecified atom stereocenters. The van der Waals surface area contributed by atoms with Crippen LogP contribution in [0, 0.1) is 6.92 Å². The Bertz CT molecular complexity index is 485. The van der Waals surface area contributed by atoms with E-state index in [1.165, 1.54) is 6.07 Å². The Morgan fingerprint density at radius 3 is 2.79 bits per heavy atom. The molecular weight excluding hydrogens is 176 g/mol. The van der Waals surface area contributed by atoms with E-state index in [0.717, 1.165) is 5.56 Å². The van der Waals surface area contributed by atoms with Gasteiger partial charge in [-0.15, -0.1) is 0 Å². The van der Waals surface area contributed by atoms with Crippen LogP contribution in [0.4, 0.5) is 0 Å². The van der Waals surface area contributed by atoms with Crippen molar-refractivity contribution in [3.05, 3.63) is 52.6 Å². The third-order valence-corrected chi connectivity index (χ3v) is 2.01. The number of pyridine rings is 2. The summed E-state index contributed by atoms with van der Waals surface area (Å²) in [5.41, 5.74) is 2.38. The van der Waals surface area contributed by atoms with Gasteiger partial charge in [-0.25, -0.2) is 0 Å². The summed E-state index contributed by atoms with van der Waals surface area (Å²) in [6.07, 6.45) is 5.03. The van der Waals surface area contributed by atoms with E-state index < -0.39 is 0 Å². The fraction of sp³-hybridized carbons (Fsp3) is 0.0909. The van der Waals surface area contributed by atoms with Gasteiger partial charge in [0.25, 0.3) is 0 Å². The Morgan fingerprint density at radius 1 is 1.29 bits per heavy atom. The van der Waals surface area contributed by atoms with Crippen LogP contribution in [0.5, 0.6) is 0 Å². The predicted octanol–water partition coefficient (Wildman–Crippen LogP) is 1.75. The first-order valence-corrected chi connectivity index (χ1v) is 4.37. The van der Waals surface area contributed by atoms with Crippen molar-refractivity contribution in [1.82, 2.24) is 9.97 Å². The summed E-state index contributed by atoms with van der Waals surface area (Å²) in [6, 6.07) is 5.28. The van der Waals surface area contributed by atoms with Crippen molar-refractivity contribution < 1.29 is 0 Å². The molecule has 0 saturated heterocycles. The van der Waals surface area contributed by atoms with Crippen LogP contribution in [0.1, 0.15) is 5.56 Å². The zero-order valence-electron chi connectivity index (χ0n) is 7.82. The molecule has 0 aliphatic carbocycles. The molecular formula is C11H10N2O. The lowest BCUT2D eigenvalue weighted by Gasteiger charge is -1.98. The number of aromatic amines is 1. The van der Waals surface area contributed by atoms with Crippen molar-refractivity contribution >= 4 is 0 Å². The van der Waals surface area contributed by atoms with Crippen molar-refractivity contribution in [2.45, 2.75) is 6.92 Å². The first kappa shape index (κ1) is 8.69. The van der Waals surface area contributed by atoms with Gasteiger partial charge in [0.1, 0.15) is 0 Å². The molecule has 2 rings (SSSR count). The lowest BCUT2D eigenvalue weighted by atomic mass is 10.1. The van der Waals surface area contributed by atoms with Crippen LogP contribution in [-0.2, 0) is 0 Å². The van der Waals surface area contributed by atoms with E-state index in [-0.39, 0.29) is 5.43 Å².